The van der Waals surface area contributed by atoms with E-state index in [9.17, 15) is 14.7 Å². The Labute approximate surface area is 210 Å². The predicted octanol–water partition coefficient (Wildman–Crippen LogP) is 3.09. The summed E-state index contributed by atoms with van der Waals surface area (Å²) in [5, 5.41) is 19.6. The summed E-state index contributed by atoms with van der Waals surface area (Å²) in [6.07, 6.45) is 12.3. The Morgan fingerprint density at radius 1 is 1.06 bits per heavy atom. The van der Waals surface area contributed by atoms with Gasteiger partial charge in [-0.05, 0) is 62.8 Å². The number of carbonyl (C=O) groups excluding carboxylic acids is 1. The Morgan fingerprint density at radius 2 is 1.78 bits per heavy atom. The minimum Gasteiger partial charge on any atom is -0.388 e. The first-order valence-electron chi connectivity index (χ1n) is 13.3. The van der Waals surface area contributed by atoms with Crippen LogP contribution in [0.5, 0.6) is 0 Å². The van der Waals surface area contributed by atoms with Crippen LogP contribution in [0.1, 0.15) is 57.8 Å². The molecule has 9 nitrogen and oxygen atoms in total. The summed E-state index contributed by atoms with van der Waals surface area (Å²) in [7, 11) is 0. The van der Waals surface area contributed by atoms with Crippen molar-refractivity contribution in [1.82, 2.24) is 24.2 Å². The fourth-order valence-electron chi connectivity index (χ4n) is 5.64. The molecule has 0 radical (unpaired) electrons. The molecule has 0 spiro atoms. The largest absolute Gasteiger partial charge is 0.388 e. The molecule has 0 atom stereocenters. The predicted molar refractivity (Wildman–Crippen MR) is 137 cm³/mol. The third-order valence-electron chi connectivity index (χ3n) is 8.04. The minimum absolute atomic E-state index is 0.160. The molecule has 190 valence electrons. The Kier molecular flexibility index (Phi) is 6.03. The molecule has 0 unspecified atom stereocenters. The van der Waals surface area contributed by atoms with Crippen LogP contribution in [-0.2, 0) is 11.3 Å². The topological polar surface area (TPSA) is 105 Å². The lowest BCUT2D eigenvalue weighted by Crippen LogP contribution is -2.50. The number of nitrogens with one attached hydrogen (secondary N) is 1. The second kappa shape index (κ2) is 9.35. The van der Waals surface area contributed by atoms with Crippen molar-refractivity contribution in [3.63, 3.8) is 0 Å². The number of likely N-dealkylation sites (tertiary alicyclic amines) is 1. The maximum Gasteiger partial charge on any atom is 0.264 e. The zero-order valence-corrected chi connectivity index (χ0v) is 20.6. The first-order valence-corrected chi connectivity index (χ1v) is 13.3. The van der Waals surface area contributed by atoms with Gasteiger partial charge in [-0.1, -0.05) is 19.3 Å². The molecule has 1 saturated heterocycles. The van der Waals surface area contributed by atoms with Crippen molar-refractivity contribution in [1.29, 1.82) is 0 Å². The van der Waals surface area contributed by atoms with Crippen LogP contribution in [-0.4, -0.2) is 60.0 Å². The second-order valence-corrected chi connectivity index (χ2v) is 10.8. The van der Waals surface area contributed by atoms with Gasteiger partial charge in [-0.3, -0.25) is 14.2 Å². The fraction of sp³-hybridized carbons (Fsp3) is 0.556. The molecule has 2 aromatic heterocycles. The van der Waals surface area contributed by atoms with Crippen molar-refractivity contribution < 1.29 is 9.90 Å². The Bertz CT molecular complexity index is 1300. The molecule has 2 saturated carbocycles. The van der Waals surface area contributed by atoms with Crippen LogP contribution in [0.2, 0.25) is 0 Å². The number of benzene rings is 1. The highest BCUT2D eigenvalue weighted by molar-refractivity contribution is 5.81. The molecule has 36 heavy (non-hydrogen) atoms. The molecule has 0 bridgehead atoms. The average Bonchev–Trinajstić information content (AvgIpc) is 3.66. The third kappa shape index (κ3) is 4.64. The van der Waals surface area contributed by atoms with Crippen LogP contribution in [0, 0.1) is 5.92 Å². The number of rotatable bonds is 6. The first kappa shape index (κ1) is 23.2. The van der Waals surface area contributed by atoms with Gasteiger partial charge >= 0.3 is 0 Å². The van der Waals surface area contributed by atoms with Crippen molar-refractivity contribution in [3.8, 4) is 5.69 Å². The second-order valence-electron chi connectivity index (χ2n) is 10.8. The van der Waals surface area contributed by atoms with E-state index < -0.39 is 5.60 Å². The van der Waals surface area contributed by atoms with Gasteiger partial charge in [-0.25, -0.2) is 9.67 Å². The number of hydrogen-bond acceptors (Lipinski definition) is 6. The van der Waals surface area contributed by atoms with Crippen LogP contribution in [0.4, 0.5) is 5.69 Å². The molecule has 1 aromatic carbocycles. The molecule has 3 aliphatic rings. The molecule has 1 amide bonds. The molecule has 2 aliphatic carbocycles. The summed E-state index contributed by atoms with van der Waals surface area (Å²) in [6, 6.07) is 8.62. The van der Waals surface area contributed by atoms with E-state index in [0.717, 1.165) is 24.2 Å². The van der Waals surface area contributed by atoms with Crippen molar-refractivity contribution in [2.24, 2.45) is 5.92 Å². The molecule has 1 aliphatic heterocycles. The fourth-order valence-corrected chi connectivity index (χ4v) is 5.64. The summed E-state index contributed by atoms with van der Waals surface area (Å²) in [5.74, 6) is 0.397. The Morgan fingerprint density at radius 3 is 2.47 bits per heavy atom. The Balaban J connectivity index is 1.16. The molecule has 2 N–H and O–H groups in total. The number of nitrogens with zero attached hydrogens (tertiary/aromatic N) is 5. The normalized spacial score (nSPS) is 20.5. The van der Waals surface area contributed by atoms with E-state index in [-0.39, 0.29) is 23.9 Å². The molecular weight excluding hydrogens is 456 g/mol. The van der Waals surface area contributed by atoms with Gasteiger partial charge in [0, 0.05) is 30.7 Å². The molecule has 3 heterocycles. The average molecular weight is 491 g/mol. The molecule has 9 heteroatoms. The lowest BCUT2D eigenvalue weighted by molar-refractivity contribution is -0.137. The van der Waals surface area contributed by atoms with Gasteiger partial charge in [0.2, 0.25) is 5.91 Å². The summed E-state index contributed by atoms with van der Waals surface area (Å²) in [4.78, 5) is 31.9. The van der Waals surface area contributed by atoms with Crippen molar-refractivity contribution in [3.05, 3.63) is 47.1 Å². The van der Waals surface area contributed by atoms with Gasteiger partial charge in [-0.15, -0.1) is 0 Å². The van der Waals surface area contributed by atoms with E-state index in [1.54, 1.807) is 10.9 Å². The summed E-state index contributed by atoms with van der Waals surface area (Å²) in [6.45, 7) is 1.21. The molecular formula is C27H34N6O3. The number of piperidine rings is 1. The van der Waals surface area contributed by atoms with E-state index in [0.29, 0.717) is 43.0 Å². The van der Waals surface area contributed by atoms with Gasteiger partial charge < -0.3 is 15.3 Å². The van der Waals surface area contributed by atoms with Gasteiger partial charge in [0.05, 0.1) is 24.0 Å². The number of fused-ring (bicyclic) bond motifs is 1. The van der Waals surface area contributed by atoms with Gasteiger partial charge in [0.25, 0.3) is 5.56 Å². The first-order chi connectivity index (χ1) is 17.5. The minimum atomic E-state index is -1.03. The highest BCUT2D eigenvalue weighted by Gasteiger charge is 2.39. The highest BCUT2D eigenvalue weighted by atomic mass is 16.3. The zero-order chi connectivity index (χ0) is 24.7. The number of anilines is 1. The zero-order valence-electron chi connectivity index (χ0n) is 20.6. The number of hydrogen-bond donors (Lipinski definition) is 2. The highest BCUT2D eigenvalue weighted by Crippen LogP contribution is 2.33. The third-order valence-corrected chi connectivity index (χ3v) is 8.04. The lowest BCUT2D eigenvalue weighted by Gasteiger charge is -2.38. The van der Waals surface area contributed by atoms with Crippen molar-refractivity contribution in [2.45, 2.75) is 76.0 Å². The standard InChI is InChI=1S/C27H34N6O3/c34-25(19-6-7-19)31-14-12-27(36,13-15-31)17-32-18-28-24-23(26(32)35)16-29-33(24)22-10-8-21(9-11-22)30-20-4-2-1-3-5-20/h8-11,16,18-20,30,36H,1-7,12-15,17H2. The number of aromatic nitrogens is 4. The van der Waals surface area contributed by atoms with Crippen LogP contribution >= 0.6 is 0 Å². The van der Waals surface area contributed by atoms with Gasteiger partial charge in [-0.2, -0.15) is 5.10 Å². The van der Waals surface area contributed by atoms with Crippen LogP contribution < -0.4 is 10.9 Å². The number of aliphatic hydroxyl groups is 1. The van der Waals surface area contributed by atoms with E-state index in [4.69, 9.17) is 0 Å². The monoisotopic (exact) mass is 490 g/mol. The number of amides is 1. The maximum atomic E-state index is 13.2. The molecule has 6 rings (SSSR count). The summed E-state index contributed by atoms with van der Waals surface area (Å²) < 4.78 is 3.16. The lowest BCUT2D eigenvalue weighted by atomic mass is 9.91. The van der Waals surface area contributed by atoms with Crippen LogP contribution in [0.15, 0.2) is 41.6 Å². The molecule has 3 aromatic rings. The quantitative estimate of drug-likeness (QED) is 0.550. The van der Waals surface area contributed by atoms with E-state index in [1.165, 1.54) is 43.0 Å². The van der Waals surface area contributed by atoms with E-state index in [2.05, 4.69) is 27.5 Å². The maximum absolute atomic E-state index is 13.2. The number of carbonyl (C=O) groups is 1. The van der Waals surface area contributed by atoms with Gasteiger partial charge in [0.1, 0.15) is 11.7 Å². The smallest absolute Gasteiger partial charge is 0.264 e. The summed E-state index contributed by atoms with van der Waals surface area (Å²) in [5.41, 5.74) is 1.19. The van der Waals surface area contributed by atoms with Crippen molar-refractivity contribution >= 4 is 22.6 Å². The SMILES string of the molecule is O=C(C1CC1)N1CCC(O)(Cn2cnc3c(cnn3-c3ccc(NC4CCCCC4)cc3)c2=O)CC1. The molecule has 3 fully saturated rings. The van der Waals surface area contributed by atoms with E-state index >= 15 is 0 Å². The Hall–Kier alpha value is -3.20. The van der Waals surface area contributed by atoms with Crippen LogP contribution in [0.25, 0.3) is 16.7 Å². The van der Waals surface area contributed by atoms with Gasteiger partial charge in [0.15, 0.2) is 5.65 Å². The van der Waals surface area contributed by atoms with Crippen molar-refractivity contribution in [2.75, 3.05) is 18.4 Å². The van der Waals surface area contributed by atoms with E-state index in [1.807, 2.05) is 17.0 Å². The summed E-state index contributed by atoms with van der Waals surface area (Å²) >= 11 is 0. The van der Waals surface area contributed by atoms with Crippen LogP contribution in [0.3, 0.4) is 0 Å².